The number of nitrogens with zero attached hydrogens (tertiary/aromatic N) is 4. The van der Waals surface area contributed by atoms with Gasteiger partial charge in [0.1, 0.15) is 11.6 Å². The van der Waals surface area contributed by atoms with E-state index in [-0.39, 0.29) is 25.2 Å². The van der Waals surface area contributed by atoms with Crippen molar-refractivity contribution in [2.24, 2.45) is 0 Å². The fraction of sp³-hybridized carbons (Fsp3) is 0.125. The van der Waals surface area contributed by atoms with E-state index in [0.717, 1.165) is 17.7 Å². The van der Waals surface area contributed by atoms with Gasteiger partial charge in [0.15, 0.2) is 11.6 Å². The molecule has 2 heterocycles. The number of halogens is 3. The van der Waals surface area contributed by atoms with Gasteiger partial charge in [-0.15, -0.1) is 0 Å². The van der Waals surface area contributed by atoms with Crippen LogP contribution in [0, 0.1) is 17.5 Å². The van der Waals surface area contributed by atoms with E-state index in [1.807, 2.05) is 6.07 Å². The van der Waals surface area contributed by atoms with Gasteiger partial charge < -0.3 is 9.47 Å². The molecule has 2 aromatic heterocycles. The Bertz CT molecular complexity index is 1230. The molecule has 8 heteroatoms. The maximum absolute atomic E-state index is 14.3. The summed E-state index contributed by atoms with van der Waals surface area (Å²) in [7, 11) is 0. The molecule has 0 fully saturated rings. The Labute approximate surface area is 182 Å². The minimum Gasteiger partial charge on any atom is -0.329 e. The van der Waals surface area contributed by atoms with Crippen molar-refractivity contribution in [3.63, 3.8) is 0 Å². The van der Waals surface area contributed by atoms with Crippen LogP contribution in [0.1, 0.15) is 27.3 Å². The average molecular weight is 436 g/mol. The van der Waals surface area contributed by atoms with Crippen molar-refractivity contribution >= 4 is 5.91 Å². The van der Waals surface area contributed by atoms with Crippen LogP contribution in [0.15, 0.2) is 79.4 Å². The first-order chi connectivity index (χ1) is 15.5. The van der Waals surface area contributed by atoms with Crippen molar-refractivity contribution in [3.8, 4) is 0 Å². The number of rotatable bonds is 7. The molecule has 4 aromatic rings. The highest BCUT2D eigenvalue weighted by molar-refractivity contribution is 5.94. The zero-order valence-electron chi connectivity index (χ0n) is 17.0. The van der Waals surface area contributed by atoms with E-state index in [1.54, 1.807) is 41.5 Å². The van der Waals surface area contributed by atoms with Crippen molar-refractivity contribution < 1.29 is 18.0 Å². The fourth-order valence-corrected chi connectivity index (χ4v) is 3.36. The maximum Gasteiger partial charge on any atom is 0.257 e. The quantitative estimate of drug-likeness (QED) is 0.426. The fourth-order valence-electron chi connectivity index (χ4n) is 3.36. The summed E-state index contributed by atoms with van der Waals surface area (Å²) < 4.78 is 42.9. The third kappa shape index (κ3) is 4.85. The number of carbonyl (C=O) groups excluding carboxylic acids is 1. The second kappa shape index (κ2) is 9.47. The van der Waals surface area contributed by atoms with Crippen molar-refractivity contribution in [2.75, 3.05) is 0 Å². The summed E-state index contributed by atoms with van der Waals surface area (Å²) in [6.07, 6.45) is 6.51. The van der Waals surface area contributed by atoms with Gasteiger partial charge in [0, 0.05) is 37.9 Å². The number of carbonyl (C=O) groups is 1. The van der Waals surface area contributed by atoms with Crippen LogP contribution in [0.2, 0.25) is 0 Å². The third-order valence-electron chi connectivity index (χ3n) is 4.96. The second-order valence-corrected chi connectivity index (χ2v) is 7.22. The van der Waals surface area contributed by atoms with Crippen LogP contribution in [-0.4, -0.2) is 25.3 Å². The van der Waals surface area contributed by atoms with Crippen LogP contribution >= 0.6 is 0 Å². The van der Waals surface area contributed by atoms with E-state index < -0.39 is 23.4 Å². The molecule has 0 spiro atoms. The smallest absolute Gasteiger partial charge is 0.257 e. The van der Waals surface area contributed by atoms with Gasteiger partial charge in [0.25, 0.3) is 5.91 Å². The molecule has 0 N–H and O–H groups in total. The Morgan fingerprint density at radius 3 is 2.47 bits per heavy atom. The molecule has 0 aliphatic heterocycles. The summed E-state index contributed by atoms with van der Waals surface area (Å²) >= 11 is 0. The predicted molar refractivity (Wildman–Crippen MR) is 112 cm³/mol. The topological polar surface area (TPSA) is 51.0 Å². The van der Waals surface area contributed by atoms with Crippen molar-refractivity contribution in [1.82, 2.24) is 19.4 Å². The highest BCUT2D eigenvalue weighted by Crippen LogP contribution is 2.17. The van der Waals surface area contributed by atoms with Gasteiger partial charge in [-0.25, -0.2) is 18.2 Å². The minimum atomic E-state index is -0.933. The lowest BCUT2D eigenvalue weighted by Crippen LogP contribution is -2.32. The molecule has 0 radical (unpaired) electrons. The summed E-state index contributed by atoms with van der Waals surface area (Å²) in [6.45, 7) is 0.513. The Balaban J connectivity index is 1.61. The number of pyridine rings is 1. The van der Waals surface area contributed by atoms with Crippen molar-refractivity contribution in [2.45, 2.75) is 19.6 Å². The lowest BCUT2D eigenvalue weighted by Gasteiger charge is -2.23. The molecule has 2 aromatic carbocycles. The van der Waals surface area contributed by atoms with Crippen molar-refractivity contribution in [1.29, 1.82) is 0 Å². The third-order valence-corrected chi connectivity index (χ3v) is 4.96. The number of aromatic nitrogens is 3. The van der Waals surface area contributed by atoms with Crippen molar-refractivity contribution in [3.05, 3.63) is 119 Å². The Hall–Kier alpha value is -3.94. The Morgan fingerprint density at radius 1 is 0.875 bits per heavy atom. The van der Waals surface area contributed by atoms with E-state index in [2.05, 4.69) is 9.97 Å². The molecule has 4 rings (SSSR count). The Kier molecular flexibility index (Phi) is 6.30. The van der Waals surface area contributed by atoms with Gasteiger partial charge in [-0.1, -0.05) is 24.3 Å². The first kappa shape index (κ1) is 21.3. The molecule has 1 amide bonds. The number of hydrogen-bond donors (Lipinski definition) is 0. The molecule has 0 aliphatic carbocycles. The highest BCUT2D eigenvalue weighted by atomic mass is 19.2. The normalized spacial score (nSPS) is 10.8. The Morgan fingerprint density at radius 2 is 1.72 bits per heavy atom. The van der Waals surface area contributed by atoms with E-state index in [9.17, 15) is 18.0 Å². The molecule has 0 aliphatic rings. The van der Waals surface area contributed by atoms with Gasteiger partial charge in [-0.05, 0) is 41.5 Å². The van der Waals surface area contributed by atoms with E-state index in [1.165, 1.54) is 29.2 Å². The summed E-state index contributed by atoms with van der Waals surface area (Å²) in [5.41, 5.74) is 1.27. The van der Waals surface area contributed by atoms with Crippen LogP contribution < -0.4 is 0 Å². The van der Waals surface area contributed by atoms with Gasteiger partial charge in [0.2, 0.25) is 0 Å². The summed E-state index contributed by atoms with van der Waals surface area (Å²) in [5, 5.41) is 0. The van der Waals surface area contributed by atoms with E-state index in [4.69, 9.17) is 0 Å². The lowest BCUT2D eigenvalue weighted by molar-refractivity contribution is 0.0719. The molecule has 162 valence electrons. The zero-order chi connectivity index (χ0) is 22.5. The summed E-state index contributed by atoms with van der Waals surface area (Å²) in [6, 6.07) is 13.0. The first-order valence-electron chi connectivity index (χ1n) is 9.88. The number of hydrogen-bond acceptors (Lipinski definition) is 3. The van der Waals surface area contributed by atoms with E-state index in [0.29, 0.717) is 11.4 Å². The van der Waals surface area contributed by atoms with Gasteiger partial charge >= 0.3 is 0 Å². The monoisotopic (exact) mass is 436 g/mol. The first-order valence-corrected chi connectivity index (χ1v) is 9.88. The van der Waals surface area contributed by atoms with Gasteiger partial charge in [-0.2, -0.15) is 0 Å². The van der Waals surface area contributed by atoms with Crippen LogP contribution in [-0.2, 0) is 19.6 Å². The highest BCUT2D eigenvalue weighted by Gasteiger charge is 2.21. The number of imidazole rings is 1. The SMILES string of the molecule is O=C(c1ccccc1F)N(Cc1cccnc1)Cc1nccn1Cc1ccc(F)c(F)c1. The largest absolute Gasteiger partial charge is 0.329 e. The minimum absolute atomic E-state index is 0.0462. The predicted octanol–water partition coefficient (Wildman–Crippen LogP) is 4.59. The standard InChI is InChI=1S/C24H19F3N4O/c25-20-6-2-1-5-19(20)24(32)31(15-18-4-3-9-28-13-18)16-23-29-10-11-30(23)14-17-7-8-21(26)22(27)12-17/h1-13H,14-16H2. The maximum atomic E-state index is 14.3. The van der Waals surface area contributed by atoms with Crippen LogP contribution in [0.4, 0.5) is 13.2 Å². The zero-order valence-corrected chi connectivity index (χ0v) is 17.0. The molecule has 5 nitrogen and oxygen atoms in total. The summed E-state index contributed by atoms with van der Waals surface area (Å²) in [5.74, 6) is -2.44. The molecule has 0 unspecified atom stereocenters. The molecule has 0 saturated heterocycles. The lowest BCUT2D eigenvalue weighted by atomic mass is 10.1. The molecular formula is C24H19F3N4O. The van der Waals surface area contributed by atoms with Crippen LogP contribution in [0.25, 0.3) is 0 Å². The van der Waals surface area contributed by atoms with E-state index >= 15 is 0 Å². The molecule has 0 atom stereocenters. The second-order valence-electron chi connectivity index (χ2n) is 7.22. The number of benzene rings is 2. The van der Waals surface area contributed by atoms with Crippen LogP contribution in [0.5, 0.6) is 0 Å². The number of amides is 1. The molecular weight excluding hydrogens is 417 g/mol. The summed E-state index contributed by atoms with van der Waals surface area (Å²) in [4.78, 5) is 23.1. The van der Waals surface area contributed by atoms with Crippen LogP contribution in [0.3, 0.4) is 0 Å². The van der Waals surface area contributed by atoms with Gasteiger partial charge in [-0.3, -0.25) is 9.78 Å². The average Bonchev–Trinajstić information content (AvgIpc) is 3.23. The molecule has 0 bridgehead atoms. The van der Waals surface area contributed by atoms with Gasteiger partial charge in [0.05, 0.1) is 12.1 Å². The molecule has 32 heavy (non-hydrogen) atoms. The molecule has 0 saturated carbocycles.